The van der Waals surface area contributed by atoms with Gasteiger partial charge in [-0.3, -0.25) is 4.79 Å². The molecule has 0 bridgehead atoms. The maximum atomic E-state index is 13.4. The third kappa shape index (κ3) is 1.01. The molecule has 2 fully saturated rings. The van der Waals surface area contributed by atoms with Gasteiger partial charge in [-0.15, -0.1) is 12.4 Å². The summed E-state index contributed by atoms with van der Waals surface area (Å²) in [5.41, 5.74) is -1.60. The molecule has 2 aliphatic heterocycles. The summed E-state index contributed by atoms with van der Waals surface area (Å²) in [6.07, 6.45) is 0. The summed E-state index contributed by atoms with van der Waals surface area (Å²) in [4.78, 5) is 10.9. The maximum absolute atomic E-state index is 13.4. The van der Waals surface area contributed by atoms with Crippen molar-refractivity contribution in [2.45, 2.75) is 5.67 Å². The van der Waals surface area contributed by atoms with E-state index < -0.39 is 11.6 Å². The zero-order valence-corrected chi connectivity index (χ0v) is 6.71. The quantitative estimate of drug-likeness (QED) is 0.526. The molecule has 2 rings (SSSR count). The van der Waals surface area contributed by atoms with E-state index in [0.29, 0.717) is 13.1 Å². The first-order valence-electron chi connectivity index (χ1n) is 3.41. The number of halogens is 2. The Morgan fingerprint density at radius 2 is 2.27 bits per heavy atom. The van der Waals surface area contributed by atoms with Crippen LogP contribution in [-0.4, -0.2) is 31.2 Å². The lowest BCUT2D eigenvalue weighted by molar-refractivity contribution is -0.129. The zero-order chi connectivity index (χ0) is 7.19. The first-order valence-corrected chi connectivity index (χ1v) is 3.41. The van der Waals surface area contributed by atoms with Crippen molar-refractivity contribution in [3.8, 4) is 0 Å². The highest BCUT2D eigenvalue weighted by atomic mass is 35.5. The first kappa shape index (κ1) is 8.74. The van der Waals surface area contributed by atoms with E-state index in [1.54, 1.807) is 0 Å². The number of hydrogen-bond acceptors (Lipinski definition) is 2. The largest absolute Gasteiger partial charge is 0.353 e. The van der Waals surface area contributed by atoms with Crippen LogP contribution in [0.2, 0.25) is 0 Å². The molecule has 2 N–H and O–H groups in total. The van der Waals surface area contributed by atoms with Crippen LogP contribution in [0.3, 0.4) is 0 Å². The summed E-state index contributed by atoms with van der Waals surface area (Å²) >= 11 is 0. The third-order valence-electron chi connectivity index (χ3n) is 2.31. The summed E-state index contributed by atoms with van der Waals surface area (Å²) < 4.78 is 13.4. The predicted octanol–water partition coefficient (Wildman–Crippen LogP) is -0.534. The Labute approximate surface area is 70.1 Å². The van der Waals surface area contributed by atoms with Gasteiger partial charge in [0.1, 0.15) is 0 Å². The minimum atomic E-state index is -1.60. The second-order valence-electron chi connectivity index (χ2n) is 2.90. The van der Waals surface area contributed by atoms with Crippen LogP contribution in [0.5, 0.6) is 0 Å². The highest BCUT2D eigenvalue weighted by molar-refractivity contribution is 5.88. The number of rotatable bonds is 0. The molecule has 2 heterocycles. The van der Waals surface area contributed by atoms with Crippen LogP contribution in [-0.2, 0) is 4.79 Å². The zero-order valence-electron chi connectivity index (χ0n) is 5.89. The number of hydrogen-bond donors (Lipinski definition) is 2. The standard InChI is InChI=1S/C6H9FN2O.ClH/c7-6-3-8-1-4(6)2-9-5(6)10;/h4,8H,1-3H2,(H,9,10);1H/t4-,6+;/m0./s1. The van der Waals surface area contributed by atoms with Crippen molar-refractivity contribution in [1.82, 2.24) is 10.6 Å². The molecule has 2 aliphatic rings. The van der Waals surface area contributed by atoms with Gasteiger partial charge in [0.2, 0.25) is 5.67 Å². The van der Waals surface area contributed by atoms with E-state index in [0.717, 1.165) is 0 Å². The molecule has 0 saturated carbocycles. The first-order chi connectivity index (χ1) is 4.73. The summed E-state index contributed by atoms with van der Waals surface area (Å²) in [7, 11) is 0. The molecule has 2 saturated heterocycles. The van der Waals surface area contributed by atoms with Gasteiger partial charge in [0, 0.05) is 25.6 Å². The molecular formula is C6H10ClFN2O. The molecule has 64 valence electrons. The molecule has 0 aromatic heterocycles. The van der Waals surface area contributed by atoms with E-state index in [2.05, 4.69) is 10.6 Å². The van der Waals surface area contributed by atoms with E-state index in [9.17, 15) is 9.18 Å². The van der Waals surface area contributed by atoms with E-state index >= 15 is 0 Å². The van der Waals surface area contributed by atoms with Crippen molar-refractivity contribution in [2.75, 3.05) is 19.6 Å². The Kier molecular flexibility index (Phi) is 2.07. The van der Waals surface area contributed by atoms with Crippen LogP contribution >= 0.6 is 12.4 Å². The summed E-state index contributed by atoms with van der Waals surface area (Å²) in [5, 5.41) is 5.37. The molecule has 0 unspecified atom stereocenters. The van der Waals surface area contributed by atoms with Crippen molar-refractivity contribution in [3.63, 3.8) is 0 Å². The van der Waals surface area contributed by atoms with E-state index in [4.69, 9.17) is 0 Å². The summed E-state index contributed by atoms with van der Waals surface area (Å²) in [6, 6.07) is 0. The topological polar surface area (TPSA) is 41.1 Å². The fraction of sp³-hybridized carbons (Fsp3) is 0.833. The normalized spacial score (nSPS) is 41.2. The highest BCUT2D eigenvalue weighted by Gasteiger charge is 2.53. The van der Waals surface area contributed by atoms with E-state index in [-0.39, 0.29) is 24.9 Å². The maximum Gasteiger partial charge on any atom is 0.259 e. The Bertz CT molecular complexity index is 189. The fourth-order valence-electron chi connectivity index (χ4n) is 1.60. The highest BCUT2D eigenvalue weighted by Crippen LogP contribution is 2.30. The Balaban J connectivity index is 0.000000605. The number of fused-ring (bicyclic) bond motifs is 1. The molecule has 0 aromatic rings. The number of carbonyl (C=O) groups is 1. The summed E-state index contributed by atoms with van der Waals surface area (Å²) in [6.45, 7) is 1.29. The van der Waals surface area contributed by atoms with Crippen LogP contribution in [0.15, 0.2) is 0 Å². The lowest BCUT2D eigenvalue weighted by Crippen LogP contribution is -2.39. The van der Waals surface area contributed by atoms with Crippen molar-refractivity contribution in [1.29, 1.82) is 0 Å². The second-order valence-corrected chi connectivity index (χ2v) is 2.90. The number of nitrogens with one attached hydrogen (secondary N) is 2. The Hall–Kier alpha value is -0.350. The van der Waals surface area contributed by atoms with Gasteiger partial charge in [-0.05, 0) is 0 Å². The van der Waals surface area contributed by atoms with Crippen molar-refractivity contribution in [3.05, 3.63) is 0 Å². The molecular weight excluding hydrogens is 171 g/mol. The molecule has 0 spiro atoms. The third-order valence-corrected chi connectivity index (χ3v) is 2.31. The van der Waals surface area contributed by atoms with Gasteiger partial charge in [-0.2, -0.15) is 0 Å². The van der Waals surface area contributed by atoms with Gasteiger partial charge in [0.25, 0.3) is 5.91 Å². The van der Waals surface area contributed by atoms with Gasteiger partial charge in [0.15, 0.2) is 0 Å². The molecule has 1 amide bonds. The molecule has 3 nitrogen and oxygen atoms in total. The monoisotopic (exact) mass is 180 g/mol. The molecule has 11 heavy (non-hydrogen) atoms. The van der Waals surface area contributed by atoms with Crippen molar-refractivity contribution in [2.24, 2.45) is 5.92 Å². The van der Waals surface area contributed by atoms with E-state index in [1.165, 1.54) is 0 Å². The van der Waals surface area contributed by atoms with Gasteiger partial charge >= 0.3 is 0 Å². The van der Waals surface area contributed by atoms with Crippen molar-refractivity contribution >= 4 is 18.3 Å². The smallest absolute Gasteiger partial charge is 0.259 e. The summed E-state index contributed by atoms with van der Waals surface area (Å²) in [5.74, 6) is -0.581. The molecule has 5 heteroatoms. The fourth-order valence-corrected chi connectivity index (χ4v) is 1.60. The second kappa shape index (κ2) is 2.60. The van der Waals surface area contributed by atoms with Crippen molar-refractivity contribution < 1.29 is 9.18 Å². The lowest BCUT2D eigenvalue weighted by atomic mass is 9.97. The molecule has 0 aromatic carbocycles. The van der Waals surface area contributed by atoms with E-state index in [1.807, 2.05) is 0 Å². The average molecular weight is 181 g/mol. The van der Waals surface area contributed by atoms with Gasteiger partial charge in [-0.25, -0.2) is 4.39 Å². The lowest BCUT2D eigenvalue weighted by Gasteiger charge is -2.12. The van der Waals surface area contributed by atoms with Crippen LogP contribution in [0.4, 0.5) is 4.39 Å². The van der Waals surface area contributed by atoms with Gasteiger partial charge in [-0.1, -0.05) is 0 Å². The SMILES string of the molecule is Cl.O=C1NC[C@@H]2CNC[C@]12F. The minimum absolute atomic E-state index is 0. The van der Waals surface area contributed by atoms with Gasteiger partial charge < -0.3 is 10.6 Å². The number of alkyl halides is 1. The molecule has 0 radical (unpaired) electrons. The average Bonchev–Trinajstić information content (AvgIpc) is 2.36. The van der Waals surface area contributed by atoms with Gasteiger partial charge in [0.05, 0.1) is 0 Å². The molecule has 2 atom stereocenters. The number of carbonyl (C=O) groups excluding carboxylic acids is 1. The Morgan fingerprint density at radius 3 is 2.91 bits per heavy atom. The predicted molar refractivity (Wildman–Crippen MR) is 40.5 cm³/mol. The Morgan fingerprint density at radius 1 is 1.55 bits per heavy atom. The van der Waals surface area contributed by atoms with Crippen LogP contribution in [0, 0.1) is 5.92 Å². The minimum Gasteiger partial charge on any atom is -0.353 e. The van der Waals surface area contributed by atoms with Crippen LogP contribution in [0.1, 0.15) is 0 Å². The number of amides is 1. The molecule has 0 aliphatic carbocycles. The van der Waals surface area contributed by atoms with Crippen LogP contribution in [0.25, 0.3) is 0 Å². The van der Waals surface area contributed by atoms with Crippen LogP contribution < -0.4 is 10.6 Å².